The van der Waals surface area contributed by atoms with Crippen molar-refractivity contribution in [2.75, 3.05) is 19.5 Å². The van der Waals surface area contributed by atoms with Gasteiger partial charge in [0.1, 0.15) is 11.5 Å². The van der Waals surface area contributed by atoms with Gasteiger partial charge < -0.3 is 14.8 Å². The molecule has 31 heavy (non-hydrogen) atoms. The molecule has 0 spiro atoms. The summed E-state index contributed by atoms with van der Waals surface area (Å²) in [7, 11) is 2.01. The molecular formula is C15H11F12NO3. The Morgan fingerprint density at radius 1 is 0.839 bits per heavy atom. The van der Waals surface area contributed by atoms with Crippen LogP contribution in [0.1, 0.15) is 0 Å². The largest absolute Gasteiger partial charge is 0.497 e. The highest BCUT2D eigenvalue weighted by Crippen LogP contribution is 2.58. The van der Waals surface area contributed by atoms with Gasteiger partial charge in [0.25, 0.3) is 0 Å². The second-order valence-corrected chi connectivity index (χ2v) is 5.74. The molecule has 1 aromatic carbocycles. The predicted octanol–water partition coefficient (Wildman–Crippen LogP) is 5.08. The minimum Gasteiger partial charge on any atom is -0.497 e. The van der Waals surface area contributed by atoms with E-state index in [9.17, 15) is 57.5 Å². The Morgan fingerprint density at radius 2 is 1.35 bits per heavy atom. The normalized spacial score (nSPS) is 13.9. The Morgan fingerprint density at radius 3 is 1.77 bits per heavy atom. The summed E-state index contributed by atoms with van der Waals surface area (Å²) in [6, 6.07) is 2.54. The van der Waals surface area contributed by atoms with Gasteiger partial charge in [0.05, 0.1) is 19.9 Å². The molecule has 16 heteroatoms. The standard InChI is InChI=1S/C15H11F12NO3/c1-30-6-3-4-7(8(5-6)31-2)28-10(29)12(20,21)14(24,25)15(26,27)13(22,23)11(18,19)9(16)17/h3-5,9H,1-2H3,(H,28,29). The summed E-state index contributed by atoms with van der Waals surface area (Å²) in [5, 5.41) is 0.981. The number of ether oxygens (including phenoxy) is 2. The van der Waals surface area contributed by atoms with Gasteiger partial charge in [-0.25, -0.2) is 8.78 Å². The van der Waals surface area contributed by atoms with Crippen LogP contribution in [0.3, 0.4) is 0 Å². The van der Waals surface area contributed by atoms with Gasteiger partial charge in [0.2, 0.25) is 0 Å². The number of carbonyl (C=O) groups excluding carboxylic acids is 1. The third-order valence-corrected chi connectivity index (χ3v) is 3.82. The highest BCUT2D eigenvalue weighted by Gasteiger charge is 2.89. The summed E-state index contributed by atoms with van der Waals surface area (Å²) in [6.45, 7) is 0. The molecule has 0 saturated heterocycles. The van der Waals surface area contributed by atoms with Crippen LogP contribution in [0.2, 0.25) is 0 Å². The summed E-state index contributed by atoms with van der Waals surface area (Å²) < 4.78 is 167. The highest BCUT2D eigenvalue weighted by atomic mass is 19.4. The Labute approximate surface area is 165 Å². The van der Waals surface area contributed by atoms with E-state index in [0.717, 1.165) is 31.7 Å². The molecule has 0 fully saturated rings. The van der Waals surface area contributed by atoms with Crippen molar-refractivity contribution >= 4 is 11.6 Å². The van der Waals surface area contributed by atoms with Crippen LogP contribution in [0.5, 0.6) is 11.5 Å². The first-order valence-corrected chi connectivity index (χ1v) is 7.53. The van der Waals surface area contributed by atoms with Crippen LogP contribution >= 0.6 is 0 Å². The number of benzene rings is 1. The number of hydrogen-bond donors (Lipinski definition) is 1. The van der Waals surface area contributed by atoms with E-state index in [1.165, 1.54) is 0 Å². The van der Waals surface area contributed by atoms with Crippen LogP contribution in [0.15, 0.2) is 18.2 Å². The lowest BCUT2D eigenvalue weighted by Crippen LogP contribution is -2.70. The molecule has 0 radical (unpaired) electrons. The zero-order chi connectivity index (χ0) is 24.6. The molecule has 1 amide bonds. The first-order valence-electron chi connectivity index (χ1n) is 7.53. The molecule has 0 heterocycles. The van der Waals surface area contributed by atoms with E-state index in [2.05, 4.69) is 4.74 Å². The van der Waals surface area contributed by atoms with E-state index in [1.807, 2.05) is 0 Å². The second kappa shape index (κ2) is 8.18. The van der Waals surface area contributed by atoms with Crippen molar-refractivity contribution < 1.29 is 67.0 Å². The fourth-order valence-corrected chi connectivity index (χ4v) is 1.99. The van der Waals surface area contributed by atoms with Gasteiger partial charge in [0.15, 0.2) is 0 Å². The van der Waals surface area contributed by atoms with Crippen LogP contribution in [0.4, 0.5) is 58.4 Å². The van der Waals surface area contributed by atoms with E-state index in [-0.39, 0.29) is 5.75 Å². The smallest absolute Gasteiger partial charge is 0.393 e. The van der Waals surface area contributed by atoms with Gasteiger partial charge >= 0.3 is 41.9 Å². The van der Waals surface area contributed by atoms with E-state index in [0.29, 0.717) is 6.07 Å². The summed E-state index contributed by atoms with van der Waals surface area (Å²) in [6.07, 6.45) is -5.63. The van der Waals surface area contributed by atoms with E-state index in [1.54, 1.807) is 0 Å². The summed E-state index contributed by atoms with van der Waals surface area (Å²) in [5.41, 5.74) is -0.864. The molecule has 0 aliphatic heterocycles. The van der Waals surface area contributed by atoms with Gasteiger partial charge in [-0.2, -0.15) is 43.9 Å². The summed E-state index contributed by atoms with van der Waals surface area (Å²) >= 11 is 0. The van der Waals surface area contributed by atoms with Gasteiger partial charge in [-0.1, -0.05) is 0 Å². The van der Waals surface area contributed by atoms with Crippen molar-refractivity contribution in [2.45, 2.75) is 36.0 Å². The number of carbonyl (C=O) groups is 1. The first kappa shape index (κ1) is 26.5. The van der Waals surface area contributed by atoms with Crippen molar-refractivity contribution in [3.05, 3.63) is 18.2 Å². The molecule has 0 saturated carbocycles. The van der Waals surface area contributed by atoms with Crippen LogP contribution < -0.4 is 14.8 Å². The third-order valence-electron chi connectivity index (χ3n) is 3.82. The summed E-state index contributed by atoms with van der Waals surface area (Å²) in [4.78, 5) is 11.5. The molecule has 0 aliphatic carbocycles. The lowest BCUT2D eigenvalue weighted by atomic mass is 9.94. The zero-order valence-electron chi connectivity index (χ0n) is 15.1. The number of methoxy groups -OCH3 is 2. The lowest BCUT2D eigenvalue weighted by Gasteiger charge is -2.38. The first-order chi connectivity index (χ1) is 13.8. The molecule has 0 bridgehead atoms. The Kier molecular flexibility index (Phi) is 6.99. The Bertz CT molecular complexity index is 812. The Hall–Kier alpha value is -2.55. The van der Waals surface area contributed by atoms with Gasteiger partial charge in [-0.15, -0.1) is 0 Å². The average Bonchev–Trinajstić information content (AvgIpc) is 2.67. The van der Waals surface area contributed by atoms with E-state index >= 15 is 0 Å². The maximum Gasteiger partial charge on any atom is 0.393 e. The Balaban J connectivity index is 3.39. The highest BCUT2D eigenvalue weighted by molar-refractivity contribution is 5.98. The fourth-order valence-electron chi connectivity index (χ4n) is 1.99. The number of hydrogen-bond acceptors (Lipinski definition) is 3. The molecule has 0 aliphatic rings. The molecule has 0 aromatic heterocycles. The SMILES string of the molecule is COc1ccc(NC(=O)C(F)(F)C(F)(F)C(F)(F)C(F)(F)C(F)(F)C(F)F)c(OC)c1. The van der Waals surface area contributed by atoms with Gasteiger partial charge in [-0.3, -0.25) is 4.79 Å². The number of halogens is 12. The molecule has 1 rings (SSSR count). The minimum absolute atomic E-state index is 0.0210. The van der Waals surface area contributed by atoms with Crippen molar-refractivity contribution in [1.82, 2.24) is 0 Å². The zero-order valence-corrected chi connectivity index (χ0v) is 15.1. The summed E-state index contributed by atoms with van der Waals surface area (Å²) in [5.74, 6) is -40.9. The molecule has 1 N–H and O–H groups in total. The van der Waals surface area contributed by atoms with Crippen LogP contribution in [0.25, 0.3) is 0 Å². The lowest BCUT2D eigenvalue weighted by molar-refractivity contribution is -0.406. The number of amides is 1. The van der Waals surface area contributed by atoms with Crippen molar-refractivity contribution in [3.63, 3.8) is 0 Å². The van der Waals surface area contributed by atoms with Gasteiger partial charge in [-0.05, 0) is 12.1 Å². The quantitative estimate of drug-likeness (QED) is 0.501. The third kappa shape index (κ3) is 4.03. The van der Waals surface area contributed by atoms with E-state index in [4.69, 9.17) is 4.74 Å². The van der Waals surface area contributed by atoms with Crippen LogP contribution in [-0.4, -0.2) is 56.2 Å². The number of rotatable bonds is 9. The molecule has 0 atom stereocenters. The molecule has 178 valence electrons. The fraction of sp³-hybridized carbons (Fsp3) is 0.533. The maximum absolute atomic E-state index is 13.8. The van der Waals surface area contributed by atoms with Crippen LogP contribution in [0, 0.1) is 0 Å². The number of anilines is 1. The number of nitrogens with one attached hydrogen (secondary N) is 1. The number of alkyl halides is 12. The van der Waals surface area contributed by atoms with Gasteiger partial charge in [0, 0.05) is 6.07 Å². The van der Waals surface area contributed by atoms with Crippen molar-refractivity contribution in [2.24, 2.45) is 0 Å². The molecular weight excluding hydrogens is 470 g/mol. The molecule has 1 aromatic rings. The van der Waals surface area contributed by atoms with E-state index < -0.39 is 53.4 Å². The van der Waals surface area contributed by atoms with Crippen molar-refractivity contribution in [3.8, 4) is 11.5 Å². The van der Waals surface area contributed by atoms with Crippen molar-refractivity contribution in [1.29, 1.82) is 0 Å². The minimum atomic E-state index is -7.80. The topological polar surface area (TPSA) is 47.6 Å². The predicted molar refractivity (Wildman–Crippen MR) is 78.9 cm³/mol. The average molecular weight is 481 g/mol. The monoisotopic (exact) mass is 481 g/mol. The van der Waals surface area contributed by atoms with Crippen LogP contribution in [-0.2, 0) is 4.79 Å². The second-order valence-electron chi connectivity index (χ2n) is 5.74. The molecule has 0 unspecified atom stereocenters. The molecule has 4 nitrogen and oxygen atoms in total. The maximum atomic E-state index is 13.8.